The van der Waals surface area contributed by atoms with Gasteiger partial charge in [-0.2, -0.15) is 0 Å². The van der Waals surface area contributed by atoms with Crippen molar-refractivity contribution in [1.82, 2.24) is 4.90 Å². The van der Waals surface area contributed by atoms with Crippen LogP contribution in [0.25, 0.3) is 0 Å². The molecule has 1 saturated carbocycles. The smallest absolute Gasteiger partial charge is 0.119 e. The van der Waals surface area contributed by atoms with E-state index in [0.29, 0.717) is 23.5 Å². The van der Waals surface area contributed by atoms with Gasteiger partial charge in [0.15, 0.2) is 0 Å². The zero-order valence-corrected chi connectivity index (χ0v) is 12.7. The third kappa shape index (κ3) is 3.69. The van der Waals surface area contributed by atoms with Gasteiger partial charge in [-0.25, -0.2) is 0 Å². The highest BCUT2D eigenvalue weighted by atomic mass is 35.5. The number of fused-ring (bicyclic) bond motifs is 1. The number of nitrogens with zero attached hydrogens (tertiary/aromatic N) is 1. The normalized spacial score (nSPS) is 32.9. The summed E-state index contributed by atoms with van der Waals surface area (Å²) >= 11 is 5.84. The summed E-state index contributed by atoms with van der Waals surface area (Å²) in [4.78, 5) is 2.37. The minimum Gasteiger partial charge on any atom is -0.492 e. The van der Waals surface area contributed by atoms with Gasteiger partial charge >= 0.3 is 0 Å². The van der Waals surface area contributed by atoms with Crippen LogP contribution in [0.15, 0.2) is 24.3 Å². The maximum absolute atomic E-state index is 9.75. The Morgan fingerprint density at radius 2 is 1.62 bits per heavy atom. The number of hydrogen-bond donors (Lipinski definition) is 2. The SMILES string of the molecule is OC1CC2CN(CCOc3ccc(Cl)cc3)CC2CC1O. The van der Waals surface area contributed by atoms with Crippen molar-refractivity contribution in [3.63, 3.8) is 0 Å². The third-order valence-corrected chi connectivity index (χ3v) is 4.93. The van der Waals surface area contributed by atoms with Crippen molar-refractivity contribution < 1.29 is 14.9 Å². The number of ether oxygens (including phenoxy) is 1. The number of benzene rings is 1. The van der Waals surface area contributed by atoms with E-state index in [4.69, 9.17) is 16.3 Å². The highest BCUT2D eigenvalue weighted by molar-refractivity contribution is 6.30. The van der Waals surface area contributed by atoms with Crippen molar-refractivity contribution in [3.8, 4) is 5.75 Å². The van der Waals surface area contributed by atoms with Crippen LogP contribution >= 0.6 is 11.6 Å². The van der Waals surface area contributed by atoms with Crippen LogP contribution in [0.4, 0.5) is 0 Å². The standard InChI is InChI=1S/C16H22ClNO3/c17-13-1-3-14(4-2-13)21-6-5-18-9-11-7-15(19)16(20)8-12(11)10-18/h1-4,11-12,15-16,19-20H,5-10H2. The van der Waals surface area contributed by atoms with Crippen molar-refractivity contribution in [1.29, 1.82) is 0 Å². The molecule has 1 aliphatic heterocycles. The molecular formula is C16H22ClNO3. The molecule has 0 aromatic heterocycles. The molecule has 1 saturated heterocycles. The van der Waals surface area contributed by atoms with Gasteiger partial charge in [-0.3, -0.25) is 4.90 Å². The van der Waals surface area contributed by atoms with Crippen LogP contribution in [-0.2, 0) is 0 Å². The third-order valence-electron chi connectivity index (χ3n) is 4.67. The highest BCUT2D eigenvalue weighted by Crippen LogP contribution is 2.36. The molecule has 1 aromatic carbocycles. The number of likely N-dealkylation sites (tertiary alicyclic amines) is 1. The Balaban J connectivity index is 1.44. The molecule has 2 fully saturated rings. The number of hydrogen-bond acceptors (Lipinski definition) is 4. The lowest BCUT2D eigenvalue weighted by atomic mass is 9.79. The summed E-state index contributed by atoms with van der Waals surface area (Å²) < 4.78 is 5.72. The molecule has 0 amide bonds. The molecule has 0 bridgehead atoms. The van der Waals surface area contributed by atoms with Crippen molar-refractivity contribution in [2.24, 2.45) is 11.8 Å². The van der Waals surface area contributed by atoms with Gasteiger partial charge in [-0.15, -0.1) is 0 Å². The van der Waals surface area contributed by atoms with E-state index in [-0.39, 0.29) is 0 Å². The van der Waals surface area contributed by atoms with Gasteiger partial charge in [-0.1, -0.05) is 11.6 Å². The average molecular weight is 312 g/mol. The van der Waals surface area contributed by atoms with Gasteiger partial charge in [0, 0.05) is 24.7 Å². The molecule has 1 aromatic rings. The summed E-state index contributed by atoms with van der Waals surface area (Å²) in [6.07, 6.45) is 0.355. The lowest BCUT2D eigenvalue weighted by molar-refractivity contribution is -0.0372. The monoisotopic (exact) mass is 311 g/mol. The summed E-state index contributed by atoms with van der Waals surface area (Å²) in [5.74, 6) is 1.86. The maximum Gasteiger partial charge on any atom is 0.119 e. The van der Waals surface area contributed by atoms with E-state index in [2.05, 4.69) is 4.90 Å². The molecular weight excluding hydrogens is 290 g/mol. The van der Waals surface area contributed by atoms with Crippen LogP contribution < -0.4 is 4.74 Å². The summed E-state index contributed by atoms with van der Waals surface area (Å²) in [6, 6.07) is 7.39. The van der Waals surface area contributed by atoms with Gasteiger partial charge in [-0.05, 0) is 48.9 Å². The van der Waals surface area contributed by atoms with Crippen LogP contribution in [0.2, 0.25) is 5.02 Å². The first-order chi connectivity index (χ1) is 10.1. The second-order valence-electron chi connectivity index (χ2n) is 6.19. The lowest BCUT2D eigenvalue weighted by Gasteiger charge is -2.32. The van der Waals surface area contributed by atoms with Crippen molar-refractivity contribution in [2.75, 3.05) is 26.2 Å². The molecule has 0 spiro atoms. The van der Waals surface area contributed by atoms with Crippen LogP contribution in [0.5, 0.6) is 5.75 Å². The van der Waals surface area contributed by atoms with Crippen molar-refractivity contribution in [2.45, 2.75) is 25.0 Å². The first kappa shape index (κ1) is 15.1. The van der Waals surface area contributed by atoms with E-state index < -0.39 is 12.2 Å². The van der Waals surface area contributed by atoms with Gasteiger partial charge in [0.05, 0.1) is 12.2 Å². The number of aliphatic hydroxyl groups excluding tert-OH is 2. The fourth-order valence-electron chi connectivity index (χ4n) is 3.51. The lowest BCUT2D eigenvalue weighted by Crippen LogP contribution is -2.38. The molecule has 116 valence electrons. The first-order valence-electron chi connectivity index (χ1n) is 7.58. The minimum absolute atomic E-state index is 0.513. The molecule has 21 heavy (non-hydrogen) atoms. The molecule has 2 aliphatic rings. The summed E-state index contributed by atoms with van der Waals surface area (Å²) in [5, 5.41) is 20.2. The predicted octanol–water partition coefficient (Wildman–Crippen LogP) is 1.78. The molecule has 4 unspecified atom stereocenters. The zero-order chi connectivity index (χ0) is 14.8. The van der Waals surface area contributed by atoms with Gasteiger partial charge in [0.25, 0.3) is 0 Å². The number of aliphatic hydroxyl groups is 2. The van der Waals surface area contributed by atoms with Gasteiger partial charge in [0.2, 0.25) is 0 Å². The fraction of sp³-hybridized carbons (Fsp3) is 0.625. The van der Waals surface area contributed by atoms with Crippen LogP contribution in [0.3, 0.4) is 0 Å². The number of halogens is 1. The molecule has 5 heteroatoms. The molecule has 3 rings (SSSR count). The fourth-order valence-corrected chi connectivity index (χ4v) is 3.64. The van der Waals surface area contributed by atoms with Crippen LogP contribution in [0.1, 0.15) is 12.8 Å². The Kier molecular flexibility index (Phi) is 4.69. The van der Waals surface area contributed by atoms with E-state index in [1.54, 1.807) is 0 Å². The van der Waals surface area contributed by atoms with Crippen molar-refractivity contribution >= 4 is 11.6 Å². The van der Waals surface area contributed by atoms with E-state index >= 15 is 0 Å². The molecule has 1 heterocycles. The quantitative estimate of drug-likeness (QED) is 0.890. The second-order valence-corrected chi connectivity index (χ2v) is 6.62. The van der Waals surface area contributed by atoms with Gasteiger partial charge < -0.3 is 14.9 Å². The molecule has 4 nitrogen and oxygen atoms in total. The van der Waals surface area contributed by atoms with Crippen LogP contribution in [-0.4, -0.2) is 53.6 Å². The van der Waals surface area contributed by atoms with Gasteiger partial charge in [0.1, 0.15) is 12.4 Å². The Bertz CT molecular complexity index is 449. The first-order valence-corrected chi connectivity index (χ1v) is 7.96. The van der Waals surface area contributed by atoms with Crippen molar-refractivity contribution in [3.05, 3.63) is 29.3 Å². The summed E-state index contributed by atoms with van der Waals surface area (Å²) in [5.41, 5.74) is 0. The largest absolute Gasteiger partial charge is 0.492 e. The topological polar surface area (TPSA) is 52.9 Å². The zero-order valence-electron chi connectivity index (χ0n) is 12.0. The van der Waals surface area contributed by atoms with E-state index in [0.717, 1.165) is 38.2 Å². The Hall–Kier alpha value is -0.810. The van der Waals surface area contributed by atoms with Crippen LogP contribution in [0, 0.1) is 11.8 Å². The molecule has 0 radical (unpaired) electrons. The van der Waals surface area contributed by atoms with E-state index in [9.17, 15) is 10.2 Å². The Morgan fingerprint density at radius 3 is 2.19 bits per heavy atom. The average Bonchev–Trinajstić information content (AvgIpc) is 2.83. The highest BCUT2D eigenvalue weighted by Gasteiger charge is 2.40. The molecule has 1 aliphatic carbocycles. The predicted molar refractivity (Wildman–Crippen MR) is 81.6 cm³/mol. The van der Waals surface area contributed by atoms with E-state index in [1.807, 2.05) is 24.3 Å². The number of rotatable bonds is 4. The Labute approximate surface area is 130 Å². The summed E-state index contributed by atoms with van der Waals surface area (Å²) in [6.45, 7) is 3.52. The molecule has 4 atom stereocenters. The summed E-state index contributed by atoms with van der Waals surface area (Å²) in [7, 11) is 0. The van der Waals surface area contributed by atoms with E-state index in [1.165, 1.54) is 0 Å². The second kappa shape index (κ2) is 6.53. The molecule has 2 N–H and O–H groups in total. The Morgan fingerprint density at radius 1 is 1.05 bits per heavy atom. The minimum atomic E-state index is -0.545. The maximum atomic E-state index is 9.75.